The van der Waals surface area contributed by atoms with Crippen molar-refractivity contribution in [3.8, 4) is 17.2 Å². The molecule has 0 bridgehead atoms. The van der Waals surface area contributed by atoms with Gasteiger partial charge in [0.1, 0.15) is 0 Å². The number of ether oxygens (including phenoxy) is 2. The van der Waals surface area contributed by atoms with Crippen molar-refractivity contribution >= 4 is 5.97 Å². The average molecular weight is 240 g/mol. The molecule has 0 unspecified atom stereocenters. The van der Waals surface area contributed by atoms with Gasteiger partial charge in [-0.05, 0) is 19.4 Å². The van der Waals surface area contributed by atoms with Crippen molar-refractivity contribution in [3.63, 3.8) is 0 Å². The number of carbonyl (C=O) groups is 1. The van der Waals surface area contributed by atoms with E-state index < -0.39 is 11.7 Å². The van der Waals surface area contributed by atoms with Gasteiger partial charge in [0.15, 0.2) is 11.5 Å². The summed E-state index contributed by atoms with van der Waals surface area (Å²) in [6.45, 7) is 3.80. The molecule has 5 heteroatoms. The number of benzene rings is 1. The molecule has 1 rings (SSSR count). The highest BCUT2D eigenvalue weighted by Crippen LogP contribution is 2.40. The van der Waals surface area contributed by atoms with Gasteiger partial charge in [0.2, 0.25) is 5.75 Å². The molecular formula is C12H16O5. The van der Waals surface area contributed by atoms with E-state index in [9.17, 15) is 15.0 Å². The number of carbonyl (C=O) groups excluding carboxylic acids is 1. The molecule has 0 heterocycles. The molecule has 5 nitrogen and oxygen atoms in total. The topological polar surface area (TPSA) is 76.0 Å². The Morgan fingerprint density at radius 2 is 2.06 bits per heavy atom. The molecule has 1 aromatic carbocycles. The van der Waals surface area contributed by atoms with Crippen molar-refractivity contribution in [1.29, 1.82) is 0 Å². The van der Waals surface area contributed by atoms with Gasteiger partial charge in [0.25, 0.3) is 0 Å². The minimum atomic E-state index is -0.544. The maximum atomic E-state index is 11.7. The summed E-state index contributed by atoms with van der Waals surface area (Å²) in [6, 6.07) is 1.17. The van der Waals surface area contributed by atoms with E-state index in [1.807, 2.05) is 6.92 Å². The Labute approximate surface area is 99.6 Å². The molecule has 0 atom stereocenters. The first kappa shape index (κ1) is 13.2. The zero-order valence-corrected chi connectivity index (χ0v) is 10.1. The summed E-state index contributed by atoms with van der Waals surface area (Å²) in [5.41, 5.74) is 0.620. The van der Waals surface area contributed by atoms with Crippen LogP contribution in [0.4, 0.5) is 0 Å². The minimum absolute atomic E-state index is 0.0773. The van der Waals surface area contributed by atoms with Crippen LogP contribution in [0.5, 0.6) is 17.2 Å². The van der Waals surface area contributed by atoms with Crippen LogP contribution < -0.4 is 4.74 Å². The summed E-state index contributed by atoms with van der Waals surface area (Å²) < 4.78 is 9.90. The second-order valence-corrected chi connectivity index (χ2v) is 3.59. The number of phenolic OH excluding ortho intramolecular Hbond substituents is 2. The van der Waals surface area contributed by atoms with Gasteiger partial charge in [0, 0.05) is 5.56 Å². The molecule has 0 saturated carbocycles. The normalized spacial score (nSPS) is 10.1. The molecule has 0 radical (unpaired) electrons. The lowest BCUT2D eigenvalue weighted by atomic mass is 10.1. The minimum Gasteiger partial charge on any atom is -0.504 e. The van der Waals surface area contributed by atoms with Crippen molar-refractivity contribution in [3.05, 3.63) is 17.2 Å². The van der Waals surface area contributed by atoms with Gasteiger partial charge in [0.05, 0.1) is 19.3 Å². The van der Waals surface area contributed by atoms with Crippen LogP contribution in [0.3, 0.4) is 0 Å². The monoisotopic (exact) mass is 240 g/mol. The van der Waals surface area contributed by atoms with Crippen molar-refractivity contribution in [2.24, 2.45) is 0 Å². The molecule has 94 valence electrons. The first-order valence-corrected chi connectivity index (χ1v) is 5.29. The first-order chi connectivity index (χ1) is 8.02. The summed E-state index contributed by atoms with van der Waals surface area (Å²) in [7, 11) is 1.35. The first-order valence-electron chi connectivity index (χ1n) is 5.29. The molecule has 17 heavy (non-hydrogen) atoms. The molecule has 0 aliphatic carbocycles. The molecule has 0 spiro atoms. The molecular weight excluding hydrogens is 224 g/mol. The quantitative estimate of drug-likeness (QED) is 0.621. The van der Waals surface area contributed by atoms with E-state index in [-0.39, 0.29) is 17.1 Å². The summed E-state index contributed by atoms with van der Waals surface area (Å²) in [5, 5.41) is 19.0. The highest BCUT2D eigenvalue weighted by molar-refractivity contribution is 5.93. The van der Waals surface area contributed by atoms with Gasteiger partial charge >= 0.3 is 5.97 Å². The zero-order chi connectivity index (χ0) is 13.0. The van der Waals surface area contributed by atoms with E-state index in [0.29, 0.717) is 18.6 Å². The van der Waals surface area contributed by atoms with Crippen molar-refractivity contribution < 1.29 is 24.5 Å². The Morgan fingerprint density at radius 3 is 2.59 bits per heavy atom. The van der Waals surface area contributed by atoms with Crippen molar-refractivity contribution in [1.82, 2.24) is 0 Å². The Hall–Kier alpha value is -1.91. The Morgan fingerprint density at radius 1 is 1.41 bits per heavy atom. The summed E-state index contributed by atoms with van der Waals surface area (Å²) in [4.78, 5) is 11.7. The predicted molar refractivity (Wildman–Crippen MR) is 61.6 cm³/mol. The molecule has 0 aromatic heterocycles. The standard InChI is InChI=1S/C12H16O5/c1-4-5-17-12(15)8-6-9(13)10(14)11(16-3)7(8)2/h6,13-14H,4-5H2,1-3H3. The fourth-order valence-electron chi connectivity index (χ4n) is 1.46. The number of phenols is 2. The molecule has 0 aliphatic rings. The largest absolute Gasteiger partial charge is 0.504 e. The Balaban J connectivity index is 3.17. The lowest BCUT2D eigenvalue weighted by molar-refractivity contribution is 0.0503. The van der Waals surface area contributed by atoms with Crippen LogP contribution in [-0.4, -0.2) is 29.9 Å². The lowest BCUT2D eigenvalue weighted by Crippen LogP contribution is -2.08. The van der Waals surface area contributed by atoms with Crippen LogP contribution in [0, 0.1) is 6.92 Å². The predicted octanol–water partition coefficient (Wildman–Crippen LogP) is 1.98. The van der Waals surface area contributed by atoms with E-state index in [0.717, 1.165) is 0 Å². The molecule has 0 fully saturated rings. The molecule has 0 aliphatic heterocycles. The molecule has 1 aromatic rings. The van der Waals surface area contributed by atoms with E-state index in [2.05, 4.69) is 0 Å². The highest BCUT2D eigenvalue weighted by atomic mass is 16.5. The smallest absolute Gasteiger partial charge is 0.338 e. The average Bonchev–Trinajstić information content (AvgIpc) is 2.31. The van der Waals surface area contributed by atoms with E-state index in [4.69, 9.17) is 9.47 Å². The Kier molecular flexibility index (Phi) is 4.20. The number of methoxy groups -OCH3 is 1. The van der Waals surface area contributed by atoms with Gasteiger partial charge < -0.3 is 19.7 Å². The summed E-state index contributed by atoms with van der Waals surface area (Å²) in [6.07, 6.45) is 0.714. The third-order valence-electron chi connectivity index (χ3n) is 2.34. The zero-order valence-electron chi connectivity index (χ0n) is 10.1. The number of rotatable bonds is 4. The van der Waals surface area contributed by atoms with Gasteiger partial charge in [-0.25, -0.2) is 4.79 Å². The van der Waals surface area contributed by atoms with Gasteiger partial charge in [-0.15, -0.1) is 0 Å². The highest BCUT2D eigenvalue weighted by Gasteiger charge is 2.20. The second-order valence-electron chi connectivity index (χ2n) is 3.59. The Bertz CT molecular complexity index is 425. The van der Waals surface area contributed by atoms with E-state index in [1.54, 1.807) is 6.92 Å². The second kappa shape index (κ2) is 5.43. The van der Waals surface area contributed by atoms with Crippen LogP contribution in [-0.2, 0) is 4.74 Å². The maximum Gasteiger partial charge on any atom is 0.338 e. The van der Waals surface area contributed by atoms with Gasteiger partial charge in [-0.2, -0.15) is 0 Å². The fourth-order valence-corrected chi connectivity index (χ4v) is 1.46. The summed E-state index contributed by atoms with van der Waals surface area (Å²) in [5.74, 6) is -1.25. The number of hydrogen-bond acceptors (Lipinski definition) is 5. The SMILES string of the molecule is CCCOC(=O)c1cc(O)c(O)c(OC)c1C. The number of aromatic hydroxyl groups is 2. The van der Waals surface area contributed by atoms with Gasteiger partial charge in [-0.1, -0.05) is 6.92 Å². The fraction of sp³-hybridized carbons (Fsp3) is 0.417. The maximum absolute atomic E-state index is 11.7. The van der Waals surface area contributed by atoms with Crippen LogP contribution in [0.25, 0.3) is 0 Å². The third-order valence-corrected chi connectivity index (χ3v) is 2.34. The van der Waals surface area contributed by atoms with Gasteiger partial charge in [-0.3, -0.25) is 0 Å². The molecule has 0 amide bonds. The van der Waals surface area contributed by atoms with Crippen LogP contribution in [0.1, 0.15) is 29.3 Å². The van der Waals surface area contributed by atoms with Crippen molar-refractivity contribution in [2.45, 2.75) is 20.3 Å². The third kappa shape index (κ3) is 2.61. The van der Waals surface area contributed by atoms with Crippen molar-refractivity contribution in [2.75, 3.05) is 13.7 Å². The summed E-state index contributed by atoms with van der Waals surface area (Å²) >= 11 is 0. The molecule has 0 saturated heterocycles. The van der Waals surface area contributed by atoms with E-state index in [1.165, 1.54) is 13.2 Å². The van der Waals surface area contributed by atoms with Crippen LogP contribution in [0.2, 0.25) is 0 Å². The number of hydrogen-bond donors (Lipinski definition) is 2. The van der Waals surface area contributed by atoms with E-state index >= 15 is 0 Å². The van der Waals surface area contributed by atoms with Crippen LogP contribution in [0.15, 0.2) is 6.07 Å². The molecule has 2 N–H and O–H groups in total. The lowest BCUT2D eigenvalue weighted by Gasteiger charge is -2.12. The number of esters is 1. The van der Waals surface area contributed by atoms with Crippen LogP contribution >= 0.6 is 0 Å².